The summed E-state index contributed by atoms with van der Waals surface area (Å²) in [5.41, 5.74) is 3.70. The third kappa shape index (κ3) is 4.70. The second-order valence-corrected chi connectivity index (χ2v) is 6.28. The molecule has 0 amide bonds. The molecule has 0 aliphatic carbocycles. The van der Waals surface area contributed by atoms with Gasteiger partial charge in [-0.3, -0.25) is 0 Å². The Bertz CT molecular complexity index is 883. The topological polar surface area (TPSA) is 44.1 Å². The molecule has 3 aromatic rings. The monoisotopic (exact) mass is 346 g/mol. The van der Waals surface area contributed by atoms with Gasteiger partial charge in [0.15, 0.2) is 0 Å². The first kappa shape index (κ1) is 17.7. The average molecular weight is 346 g/mol. The van der Waals surface area contributed by atoms with E-state index in [1.807, 2.05) is 47.2 Å². The van der Waals surface area contributed by atoms with Crippen molar-refractivity contribution < 1.29 is 9.53 Å². The molecule has 0 spiro atoms. The van der Waals surface area contributed by atoms with Crippen LogP contribution in [0.1, 0.15) is 29.6 Å². The number of carbonyl (C=O) groups is 1. The third-order valence-corrected chi connectivity index (χ3v) is 4.01. The molecule has 1 heterocycles. The molecule has 1 aromatic heterocycles. The van der Waals surface area contributed by atoms with Crippen LogP contribution >= 0.6 is 0 Å². The Morgan fingerprint density at radius 2 is 1.65 bits per heavy atom. The van der Waals surface area contributed by atoms with Gasteiger partial charge in [0, 0.05) is 24.7 Å². The zero-order valence-corrected chi connectivity index (χ0v) is 14.9. The zero-order chi connectivity index (χ0) is 18.4. The van der Waals surface area contributed by atoms with Crippen molar-refractivity contribution in [1.29, 1.82) is 0 Å². The van der Waals surface area contributed by atoms with Crippen molar-refractivity contribution in [3.8, 4) is 0 Å². The summed E-state index contributed by atoms with van der Waals surface area (Å²) in [6.45, 7) is 6.07. The first-order valence-corrected chi connectivity index (χ1v) is 8.57. The van der Waals surface area contributed by atoms with E-state index in [0.29, 0.717) is 12.1 Å². The summed E-state index contributed by atoms with van der Waals surface area (Å²) in [5, 5.41) is 0. The lowest BCUT2D eigenvalue weighted by atomic mass is 10.1. The summed E-state index contributed by atoms with van der Waals surface area (Å²) in [6.07, 6.45) is 2.77. The van der Waals surface area contributed by atoms with Gasteiger partial charge in [-0.1, -0.05) is 67.2 Å². The molecule has 0 saturated heterocycles. The lowest BCUT2D eigenvalue weighted by Crippen LogP contribution is -2.10. The maximum atomic E-state index is 11.7. The van der Waals surface area contributed by atoms with E-state index in [1.165, 1.54) is 11.1 Å². The van der Waals surface area contributed by atoms with Crippen LogP contribution in [-0.4, -0.2) is 15.5 Å². The SMILES string of the molecule is C=C(C)C(=O)OCc1nc(Cc2ccccc2)cn1Cc1ccccc1. The van der Waals surface area contributed by atoms with Crippen LogP contribution in [0.15, 0.2) is 79.0 Å². The van der Waals surface area contributed by atoms with Crippen molar-refractivity contribution in [2.75, 3.05) is 0 Å². The highest BCUT2D eigenvalue weighted by molar-refractivity contribution is 5.86. The number of hydrogen-bond donors (Lipinski definition) is 0. The molecule has 0 bridgehead atoms. The van der Waals surface area contributed by atoms with Crippen LogP contribution < -0.4 is 0 Å². The molecule has 0 aliphatic heterocycles. The van der Waals surface area contributed by atoms with E-state index in [4.69, 9.17) is 4.74 Å². The molecule has 26 heavy (non-hydrogen) atoms. The number of nitrogens with zero attached hydrogens (tertiary/aromatic N) is 2. The highest BCUT2D eigenvalue weighted by atomic mass is 16.5. The molecule has 0 saturated carbocycles. The number of aromatic nitrogens is 2. The molecule has 0 aliphatic rings. The Labute approximate surface area is 153 Å². The smallest absolute Gasteiger partial charge is 0.333 e. The normalized spacial score (nSPS) is 10.5. The van der Waals surface area contributed by atoms with Gasteiger partial charge in [-0.15, -0.1) is 0 Å². The van der Waals surface area contributed by atoms with Crippen LogP contribution in [0.25, 0.3) is 0 Å². The molecule has 0 unspecified atom stereocenters. The van der Waals surface area contributed by atoms with Gasteiger partial charge in [-0.2, -0.15) is 0 Å². The lowest BCUT2D eigenvalue weighted by molar-refractivity contribution is -0.140. The van der Waals surface area contributed by atoms with E-state index in [9.17, 15) is 4.79 Å². The number of imidazole rings is 1. The first-order chi connectivity index (χ1) is 12.6. The molecule has 0 N–H and O–H groups in total. The summed E-state index contributed by atoms with van der Waals surface area (Å²) in [5.74, 6) is 0.332. The Kier molecular flexibility index (Phi) is 5.64. The maximum Gasteiger partial charge on any atom is 0.333 e. The highest BCUT2D eigenvalue weighted by Gasteiger charge is 2.12. The fraction of sp³-hybridized carbons (Fsp3) is 0.182. The van der Waals surface area contributed by atoms with Crippen LogP contribution in [0.2, 0.25) is 0 Å². The molecule has 4 heteroatoms. The van der Waals surface area contributed by atoms with Crippen molar-refractivity contribution in [2.45, 2.75) is 26.5 Å². The van der Waals surface area contributed by atoms with E-state index in [2.05, 4.69) is 35.8 Å². The van der Waals surface area contributed by atoms with Crippen LogP contribution in [-0.2, 0) is 29.1 Å². The third-order valence-electron chi connectivity index (χ3n) is 4.01. The first-order valence-electron chi connectivity index (χ1n) is 8.57. The van der Waals surface area contributed by atoms with Gasteiger partial charge in [0.2, 0.25) is 0 Å². The molecular formula is C22H22N2O2. The van der Waals surface area contributed by atoms with E-state index in [0.717, 1.165) is 17.9 Å². The minimum absolute atomic E-state index is 0.132. The number of ether oxygens (including phenoxy) is 1. The molecule has 0 atom stereocenters. The van der Waals surface area contributed by atoms with Gasteiger partial charge in [0.25, 0.3) is 0 Å². The summed E-state index contributed by atoms with van der Waals surface area (Å²) >= 11 is 0. The van der Waals surface area contributed by atoms with Crippen molar-refractivity contribution >= 4 is 5.97 Å². The molecular weight excluding hydrogens is 324 g/mol. The minimum Gasteiger partial charge on any atom is -0.454 e. The van der Waals surface area contributed by atoms with E-state index >= 15 is 0 Å². The Hall–Kier alpha value is -3.14. The van der Waals surface area contributed by atoms with E-state index < -0.39 is 5.97 Å². The van der Waals surface area contributed by atoms with Crippen LogP contribution in [0, 0.1) is 0 Å². The Morgan fingerprint density at radius 3 is 2.27 bits per heavy atom. The van der Waals surface area contributed by atoms with Gasteiger partial charge >= 0.3 is 5.97 Å². The molecule has 2 aromatic carbocycles. The Balaban J connectivity index is 1.81. The number of carbonyl (C=O) groups excluding carboxylic acids is 1. The predicted molar refractivity (Wildman–Crippen MR) is 102 cm³/mol. The predicted octanol–water partition coefficient (Wildman–Crippen LogP) is 4.14. The second kappa shape index (κ2) is 8.30. The quantitative estimate of drug-likeness (QED) is 0.477. The highest BCUT2D eigenvalue weighted by Crippen LogP contribution is 2.14. The number of esters is 1. The summed E-state index contributed by atoms with van der Waals surface area (Å²) in [7, 11) is 0. The fourth-order valence-corrected chi connectivity index (χ4v) is 2.69. The van der Waals surface area contributed by atoms with Crippen LogP contribution in [0.3, 0.4) is 0 Å². The molecule has 4 nitrogen and oxygen atoms in total. The number of benzene rings is 2. The fourth-order valence-electron chi connectivity index (χ4n) is 2.69. The van der Waals surface area contributed by atoms with Crippen molar-refractivity contribution in [3.05, 3.63) is 102 Å². The van der Waals surface area contributed by atoms with Crippen LogP contribution in [0.4, 0.5) is 0 Å². The Morgan fingerprint density at radius 1 is 1.04 bits per heavy atom. The van der Waals surface area contributed by atoms with Crippen molar-refractivity contribution in [1.82, 2.24) is 9.55 Å². The number of rotatable bonds is 7. The minimum atomic E-state index is -0.399. The molecule has 132 valence electrons. The maximum absolute atomic E-state index is 11.7. The van der Waals surface area contributed by atoms with Gasteiger partial charge in [0.1, 0.15) is 12.4 Å². The average Bonchev–Trinajstić information content (AvgIpc) is 3.02. The standard InChI is InChI=1S/C22H22N2O2/c1-17(2)22(25)26-16-21-23-20(13-18-9-5-3-6-10-18)15-24(21)14-19-11-7-4-8-12-19/h3-12,15H,1,13-14,16H2,2H3. The van der Waals surface area contributed by atoms with Crippen molar-refractivity contribution in [3.63, 3.8) is 0 Å². The largest absolute Gasteiger partial charge is 0.454 e. The zero-order valence-electron chi connectivity index (χ0n) is 14.9. The van der Waals surface area contributed by atoms with Gasteiger partial charge < -0.3 is 9.30 Å². The molecule has 0 radical (unpaired) electrons. The lowest BCUT2D eigenvalue weighted by Gasteiger charge is -2.08. The van der Waals surface area contributed by atoms with E-state index in [1.54, 1.807) is 6.92 Å². The summed E-state index contributed by atoms with van der Waals surface area (Å²) in [4.78, 5) is 16.4. The second-order valence-electron chi connectivity index (χ2n) is 6.28. The van der Waals surface area contributed by atoms with Gasteiger partial charge in [0.05, 0.1) is 5.69 Å². The molecule has 3 rings (SSSR count). The summed E-state index contributed by atoms with van der Waals surface area (Å²) < 4.78 is 7.35. The van der Waals surface area contributed by atoms with Gasteiger partial charge in [-0.05, 0) is 18.1 Å². The number of hydrogen-bond acceptors (Lipinski definition) is 3. The van der Waals surface area contributed by atoms with Gasteiger partial charge in [-0.25, -0.2) is 9.78 Å². The molecule has 0 fully saturated rings. The summed E-state index contributed by atoms with van der Waals surface area (Å²) in [6, 6.07) is 20.4. The van der Waals surface area contributed by atoms with Crippen molar-refractivity contribution in [2.24, 2.45) is 0 Å². The van der Waals surface area contributed by atoms with E-state index in [-0.39, 0.29) is 6.61 Å². The van der Waals surface area contributed by atoms with Crippen LogP contribution in [0.5, 0.6) is 0 Å².